The number of carbonyl (C=O) groups excluding carboxylic acids is 5. The van der Waals surface area contributed by atoms with Crippen LogP contribution < -0.4 is 16.0 Å². The summed E-state index contributed by atoms with van der Waals surface area (Å²) in [4.78, 5) is 96.9. The van der Waals surface area contributed by atoms with Crippen molar-refractivity contribution in [2.45, 2.75) is 198 Å². The van der Waals surface area contributed by atoms with Crippen LogP contribution in [0.25, 0.3) is 0 Å². The van der Waals surface area contributed by atoms with Crippen LogP contribution in [0.4, 0.5) is 53.1 Å². The average molecular weight is 1630 g/mol. The number of aliphatic hydroxyl groups is 1. The van der Waals surface area contributed by atoms with Gasteiger partial charge in [0.05, 0.1) is 84.0 Å². The summed E-state index contributed by atoms with van der Waals surface area (Å²) in [5.41, 5.74) is -0.785. The Morgan fingerprint density at radius 3 is 1.58 bits per heavy atom. The highest BCUT2D eigenvalue weighted by atomic mass is 35.5. The highest BCUT2D eigenvalue weighted by Gasteiger charge is 2.49. The minimum atomic E-state index is -3.05. The number of likely N-dealkylation sites (tertiary alicyclic amines) is 2. The molecule has 6 heterocycles. The Labute approximate surface area is 632 Å². The molecule has 2 aromatic rings. The first-order chi connectivity index (χ1) is 50.4. The fourth-order valence-corrected chi connectivity index (χ4v) is 11.2. The number of amides is 1. The van der Waals surface area contributed by atoms with E-state index < -0.39 is 153 Å². The van der Waals surface area contributed by atoms with Crippen LogP contribution in [0.1, 0.15) is 138 Å². The van der Waals surface area contributed by atoms with E-state index in [1.54, 1.807) is 46.2 Å². The number of benzene rings is 1. The second-order valence-electron chi connectivity index (χ2n) is 28.2. The lowest BCUT2D eigenvalue weighted by atomic mass is 9.95. The number of hydrogen-bond acceptors (Lipinski definition) is 25. The number of carbonyl (C=O) groups is 8. The van der Waals surface area contributed by atoms with Crippen LogP contribution in [0.3, 0.4) is 0 Å². The van der Waals surface area contributed by atoms with Gasteiger partial charge < -0.3 is 79.0 Å². The number of amidine groups is 1. The molecule has 1 aromatic carbocycles. The Morgan fingerprint density at radius 1 is 0.651 bits per heavy atom. The van der Waals surface area contributed by atoms with Gasteiger partial charge in [-0.05, 0) is 101 Å². The van der Waals surface area contributed by atoms with Gasteiger partial charge in [-0.15, -0.1) is 11.3 Å². The van der Waals surface area contributed by atoms with Crippen molar-refractivity contribution in [3.05, 3.63) is 62.5 Å². The van der Waals surface area contributed by atoms with Gasteiger partial charge in [-0.1, -0.05) is 17.7 Å². The third-order valence-electron chi connectivity index (χ3n) is 14.8. The van der Waals surface area contributed by atoms with Crippen molar-refractivity contribution >= 4 is 77.7 Å². The van der Waals surface area contributed by atoms with Gasteiger partial charge in [-0.3, -0.25) is 24.4 Å². The Balaban J connectivity index is 0.000000476. The van der Waals surface area contributed by atoms with Crippen molar-refractivity contribution in [1.29, 1.82) is 0 Å². The number of aromatic nitrogens is 1. The van der Waals surface area contributed by atoms with E-state index in [0.29, 0.717) is 36.5 Å². The molecule has 6 aliphatic rings. The summed E-state index contributed by atoms with van der Waals surface area (Å²) >= 11 is 7.62. The van der Waals surface area contributed by atoms with Gasteiger partial charge in [0.2, 0.25) is 5.92 Å². The molecular formula is C68H99ClF11N7O21S. The summed E-state index contributed by atoms with van der Waals surface area (Å²) in [6, 6.07) is 0.144. The lowest BCUT2D eigenvalue weighted by molar-refractivity contribution is -0.149. The number of nitrogens with one attached hydrogen (secondary N) is 3. The molecule has 41 heteroatoms. The molecule has 0 spiro atoms. The number of rotatable bonds is 26. The number of aliphatic carboxylic acids is 3. The lowest BCUT2D eigenvalue weighted by Crippen LogP contribution is -2.42. The number of hydrogen-bond donors (Lipinski definition) is 7. The maximum Gasteiger partial charge on any atom is 0.410 e. The van der Waals surface area contributed by atoms with Crippen LogP contribution >= 0.6 is 22.9 Å². The number of aliphatic hydroxyl groups excluding tert-OH is 1. The summed E-state index contributed by atoms with van der Waals surface area (Å²) < 4.78 is 188. The highest BCUT2D eigenvalue weighted by Crippen LogP contribution is 2.41. The molecule has 1 aliphatic carbocycles. The van der Waals surface area contributed by atoms with Crippen molar-refractivity contribution in [1.82, 2.24) is 30.7 Å². The summed E-state index contributed by atoms with van der Waals surface area (Å²) in [6.45, 7) is 16.2. The Kier molecular flexibility index (Phi) is 40.7. The minimum Gasteiger partial charge on any atom is -0.480 e. The van der Waals surface area contributed by atoms with Gasteiger partial charge in [0.15, 0.2) is 10.8 Å². The number of nitrogens with zero attached hydrogens (tertiary/aromatic N) is 4. The fraction of sp³-hybridized carbons (Fsp3) is 0.706. The molecule has 1 amide bonds. The molecule has 4 saturated heterocycles. The maximum atomic E-state index is 14.5. The number of thiazole rings is 1. The van der Waals surface area contributed by atoms with Gasteiger partial charge in [0.25, 0.3) is 36.6 Å². The second kappa shape index (κ2) is 45.4. The fourth-order valence-electron chi connectivity index (χ4n) is 10.4. The topological polar surface area (TPSA) is 368 Å². The number of carboxylic acid groups (broad SMARTS) is 3. The van der Waals surface area contributed by atoms with E-state index in [-0.39, 0.29) is 130 Å². The molecule has 8 rings (SSSR count). The van der Waals surface area contributed by atoms with Crippen LogP contribution in [-0.2, 0) is 76.2 Å². The van der Waals surface area contributed by atoms with Gasteiger partial charge in [0.1, 0.15) is 55.1 Å². The molecule has 5 fully saturated rings. The summed E-state index contributed by atoms with van der Waals surface area (Å²) in [6.07, 6.45) is -0.678. The normalized spacial score (nSPS) is 21.9. The SMILES string of the molecule is CC(C)(C)OC(=O)N1CC(F)(F)CC1CO.CC(C)(C)OC=O.CC(C)(C)OC=O.CCOC(=O)C1=C(CN2CC(F)(F)CC2COCC(=O)O)NC(c2nccs2)=N[C@H]1c1ccc(F)cc1Cl.CCOC(=O)COCC1CC(F)(F)CN1.O=C(O)COCC1CC(F)(F)CN1.O=C(O)COCC1CCC(F)(F)C1. The molecular weight excluding hydrogens is 1530 g/mol. The zero-order chi connectivity index (χ0) is 82.9. The zero-order valence-electron chi connectivity index (χ0n) is 62.2. The molecule has 7 N–H and O–H groups in total. The Bertz CT molecular complexity index is 3200. The first-order valence-corrected chi connectivity index (χ1v) is 35.3. The number of alkyl halides is 10. The number of aliphatic imine (C=N–C) groups is 1. The van der Waals surface area contributed by atoms with Gasteiger partial charge in [-0.25, -0.2) is 82.0 Å². The van der Waals surface area contributed by atoms with E-state index in [0.717, 1.165) is 11.0 Å². The molecule has 1 saturated carbocycles. The monoisotopic (exact) mass is 1630 g/mol. The van der Waals surface area contributed by atoms with Crippen molar-refractivity contribution in [2.75, 3.05) is 105 Å². The number of carboxylic acids is 3. The van der Waals surface area contributed by atoms with Gasteiger partial charge >= 0.3 is 35.9 Å². The number of halogens is 12. The third-order valence-corrected chi connectivity index (χ3v) is 15.9. The van der Waals surface area contributed by atoms with E-state index >= 15 is 0 Å². The van der Waals surface area contributed by atoms with Gasteiger partial charge in [0, 0.05) is 91.1 Å². The van der Waals surface area contributed by atoms with E-state index in [2.05, 4.69) is 44.9 Å². The summed E-state index contributed by atoms with van der Waals surface area (Å²) in [5.74, 6) is -19.0. The van der Waals surface area contributed by atoms with Crippen molar-refractivity contribution in [3.63, 3.8) is 0 Å². The number of esters is 2. The van der Waals surface area contributed by atoms with Gasteiger partial charge in [-0.2, -0.15) is 0 Å². The Hall–Kier alpha value is -7.18. The smallest absolute Gasteiger partial charge is 0.410 e. The van der Waals surface area contributed by atoms with Crippen LogP contribution in [0.5, 0.6) is 0 Å². The molecule has 1 aromatic heterocycles. The number of ether oxygens (including phenoxy) is 9. The minimum absolute atomic E-state index is 0.0158. The molecule has 109 heavy (non-hydrogen) atoms. The second-order valence-corrected chi connectivity index (χ2v) is 29.5. The average Bonchev–Trinajstić information content (AvgIpc) is 1.60. The quantitative estimate of drug-likeness (QED) is 0.0199. The molecule has 0 radical (unpaired) electrons. The molecule has 622 valence electrons. The first kappa shape index (κ1) is 97.9. The summed E-state index contributed by atoms with van der Waals surface area (Å²) in [7, 11) is 0. The highest BCUT2D eigenvalue weighted by molar-refractivity contribution is 7.11. The lowest BCUT2D eigenvalue weighted by Gasteiger charge is -2.31. The van der Waals surface area contributed by atoms with E-state index in [1.807, 2.05) is 41.5 Å². The van der Waals surface area contributed by atoms with E-state index in [1.165, 1.54) is 28.4 Å². The first-order valence-electron chi connectivity index (χ1n) is 34.0. The molecule has 5 aliphatic heterocycles. The standard InChI is InChI=1S/C24H24ClF3N4O5S.C10H17F2NO3.C9H15F2NO3.C8H12F2O3.C7H11F2NO3.2C5H10O2/c1-2-37-23(35)19-17(9-32-12-24(27,28)8-14(32)10-36-11-18(33)34)30-21(22-29-5-6-38-22)31-20(19)15-4-3-13(26)7-16(15)25;1-9(2,3)16-8(15)13-6-10(11,12)4-7(13)5-14;1-2-15-8(13)5-14-4-7-3-9(10,11)6-12-7;9-8(10)2-1-6(3-8)4-13-5-7(11)12;8-7(9)1-5(10-4-7)2-13-3-6(11)12;2*1-5(2,3)7-4-6/h3-7,14,20H,2,8-12H2,1H3,(H,30,31)(H,33,34);7,14H,4-6H2,1-3H3;7,12H,2-6H2,1H3;6H,1-5H2,(H,11,12);5,10H,1-4H2,(H,11,12);2*4H,1-3H3/t14?,20-;;;;;;/m0....../s1. The van der Waals surface area contributed by atoms with E-state index in [9.17, 15) is 86.7 Å². The predicted molar refractivity (Wildman–Crippen MR) is 370 cm³/mol. The predicted octanol–water partition coefficient (Wildman–Crippen LogP) is 9.37. The molecule has 28 nitrogen and oxygen atoms in total. The van der Waals surface area contributed by atoms with Crippen LogP contribution in [0.2, 0.25) is 5.02 Å². The largest absolute Gasteiger partial charge is 0.480 e. The van der Waals surface area contributed by atoms with Crippen LogP contribution in [0.15, 0.2) is 46.0 Å². The van der Waals surface area contributed by atoms with Crippen molar-refractivity contribution in [3.8, 4) is 0 Å². The molecule has 0 bridgehead atoms. The van der Waals surface area contributed by atoms with E-state index in [4.69, 9.17) is 55.7 Å². The van der Waals surface area contributed by atoms with Crippen LogP contribution in [-0.4, -0.2) is 266 Å². The van der Waals surface area contributed by atoms with Crippen molar-refractivity contribution < 1.29 is 150 Å². The third kappa shape index (κ3) is 41.1. The molecule has 5 unspecified atom stereocenters. The van der Waals surface area contributed by atoms with Crippen LogP contribution in [0, 0.1) is 11.7 Å². The zero-order valence-corrected chi connectivity index (χ0v) is 63.8. The Morgan fingerprint density at radius 2 is 1.16 bits per heavy atom. The summed E-state index contributed by atoms with van der Waals surface area (Å²) in [5, 5.41) is 44.7. The van der Waals surface area contributed by atoms with Crippen molar-refractivity contribution in [2.24, 2.45) is 10.9 Å². The maximum absolute atomic E-state index is 14.5. The molecule has 6 atom stereocenters.